The molecule has 0 spiro atoms. The number of benzene rings is 1. The number of rotatable bonds is 2. The molecule has 1 aromatic heterocycles. The Kier molecular flexibility index (Phi) is 3.10. The number of halogens is 2. The lowest BCUT2D eigenvalue weighted by Gasteiger charge is -2.05. The second-order valence-corrected chi connectivity index (χ2v) is 3.69. The lowest BCUT2D eigenvalue weighted by Crippen LogP contribution is -2.03. The Hall–Kier alpha value is -1.88. The van der Waals surface area contributed by atoms with Crippen molar-refractivity contribution < 1.29 is 8.78 Å². The van der Waals surface area contributed by atoms with Gasteiger partial charge in [-0.15, -0.1) is 0 Å². The van der Waals surface area contributed by atoms with Crippen LogP contribution < -0.4 is 5.73 Å². The third-order valence-corrected chi connectivity index (χ3v) is 2.24. The van der Waals surface area contributed by atoms with Gasteiger partial charge in [0.05, 0.1) is 5.69 Å². The molecule has 0 bridgehead atoms. The maximum Gasteiger partial charge on any atom is 0.159 e. The van der Waals surface area contributed by atoms with Gasteiger partial charge in [0.25, 0.3) is 0 Å². The van der Waals surface area contributed by atoms with E-state index in [1.165, 1.54) is 12.1 Å². The predicted octanol–water partition coefficient (Wildman–Crippen LogP) is 2.19. The van der Waals surface area contributed by atoms with Gasteiger partial charge in [-0.2, -0.15) is 0 Å². The molecule has 0 atom stereocenters. The van der Waals surface area contributed by atoms with Gasteiger partial charge in [0.1, 0.15) is 11.6 Å². The van der Waals surface area contributed by atoms with E-state index < -0.39 is 11.6 Å². The summed E-state index contributed by atoms with van der Waals surface area (Å²) in [7, 11) is 0. The number of hydrogen-bond donors (Lipinski definition) is 1. The molecule has 0 fully saturated rings. The molecule has 0 saturated heterocycles. The second-order valence-electron chi connectivity index (χ2n) is 3.69. The number of nitrogens with zero attached hydrogens (tertiary/aromatic N) is 2. The molecule has 0 unspecified atom stereocenters. The maximum absolute atomic E-state index is 13.1. The molecule has 3 nitrogen and oxygen atoms in total. The minimum atomic E-state index is -0.653. The average Bonchev–Trinajstić information content (AvgIpc) is 2.26. The minimum Gasteiger partial charge on any atom is -0.325 e. The van der Waals surface area contributed by atoms with Gasteiger partial charge in [-0.25, -0.2) is 18.7 Å². The normalized spacial score (nSPS) is 10.6. The molecule has 0 aliphatic heterocycles. The topological polar surface area (TPSA) is 51.8 Å². The summed E-state index contributed by atoms with van der Waals surface area (Å²) in [6.45, 7) is 2.04. The van der Waals surface area contributed by atoms with E-state index in [9.17, 15) is 8.78 Å². The van der Waals surface area contributed by atoms with Crippen LogP contribution in [0.25, 0.3) is 11.4 Å². The first-order valence-corrected chi connectivity index (χ1v) is 5.09. The highest BCUT2D eigenvalue weighted by molar-refractivity contribution is 5.55. The predicted molar refractivity (Wildman–Crippen MR) is 60.0 cm³/mol. The lowest BCUT2D eigenvalue weighted by atomic mass is 10.2. The van der Waals surface area contributed by atoms with E-state index in [1.54, 1.807) is 13.0 Å². The highest BCUT2D eigenvalue weighted by atomic mass is 19.1. The van der Waals surface area contributed by atoms with E-state index in [-0.39, 0.29) is 12.4 Å². The summed E-state index contributed by atoms with van der Waals surface area (Å²) in [5, 5.41) is 0. The highest BCUT2D eigenvalue weighted by Crippen LogP contribution is 2.18. The van der Waals surface area contributed by atoms with Crippen molar-refractivity contribution in [1.82, 2.24) is 9.97 Å². The summed E-state index contributed by atoms with van der Waals surface area (Å²) in [4.78, 5) is 8.27. The Balaban J connectivity index is 2.55. The van der Waals surface area contributed by atoms with Crippen LogP contribution in [0.2, 0.25) is 0 Å². The first-order chi connectivity index (χ1) is 8.08. The number of aromatic nitrogens is 2. The van der Waals surface area contributed by atoms with Gasteiger partial charge in [0, 0.05) is 23.9 Å². The van der Waals surface area contributed by atoms with Crippen LogP contribution in [0.4, 0.5) is 8.78 Å². The summed E-state index contributed by atoms with van der Waals surface area (Å²) in [6.07, 6.45) is 0. The quantitative estimate of drug-likeness (QED) is 0.868. The molecule has 1 heterocycles. The molecule has 2 aromatic rings. The molecule has 0 aliphatic carbocycles. The first-order valence-electron chi connectivity index (χ1n) is 5.09. The fourth-order valence-electron chi connectivity index (χ4n) is 1.55. The van der Waals surface area contributed by atoms with Gasteiger partial charge in [0.2, 0.25) is 0 Å². The zero-order valence-corrected chi connectivity index (χ0v) is 9.24. The molecule has 0 saturated carbocycles. The van der Waals surface area contributed by atoms with E-state index in [0.717, 1.165) is 6.07 Å². The fraction of sp³-hybridized carbons (Fsp3) is 0.167. The van der Waals surface area contributed by atoms with Crippen molar-refractivity contribution in [2.75, 3.05) is 0 Å². The number of nitrogens with two attached hydrogens (primary N) is 1. The third kappa shape index (κ3) is 2.62. The van der Waals surface area contributed by atoms with Crippen molar-refractivity contribution in [3.05, 3.63) is 47.3 Å². The molecule has 2 rings (SSSR count). The van der Waals surface area contributed by atoms with Crippen LogP contribution in [-0.2, 0) is 6.54 Å². The zero-order chi connectivity index (χ0) is 12.4. The van der Waals surface area contributed by atoms with Crippen molar-refractivity contribution >= 4 is 0 Å². The highest BCUT2D eigenvalue weighted by Gasteiger charge is 2.07. The van der Waals surface area contributed by atoms with Crippen LogP contribution in [0.1, 0.15) is 11.4 Å². The van der Waals surface area contributed by atoms with Crippen molar-refractivity contribution in [2.24, 2.45) is 5.73 Å². The van der Waals surface area contributed by atoms with Crippen LogP contribution in [-0.4, -0.2) is 9.97 Å². The molecule has 1 aromatic carbocycles. The zero-order valence-electron chi connectivity index (χ0n) is 9.24. The molecular formula is C12H11F2N3. The Morgan fingerprint density at radius 3 is 2.29 bits per heavy atom. The molecule has 88 valence electrons. The molecule has 2 N–H and O–H groups in total. The van der Waals surface area contributed by atoms with Crippen LogP contribution in [0.15, 0.2) is 24.3 Å². The van der Waals surface area contributed by atoms with Crippen LogP contribution >= 0.6 is 0 Å². The second kappa shape index (κ2) is 4.55. The van der Waals surface area contributed by atoms with Crippen LogP contribution in [0.3, 0.4) is 0 Å². The van der Waals surface area contributed by atoms with E-state index in [1.807, 2.05) is 0 Å². The summed E-state index contributed by atoms with van der Waals surface area (Å²) in [5.41, 5.74) is 7.14. The molecule has 0 radical (unpaired) electrons. The number of aryl methyl sites for hydroxylation is 1. The Labute approximate surface area is 97.3 Å². The third-order valence-electron chi connectivity index (χ3n) is 2.24. The maximum atomic E-state index is 13.1. The summed E-state index contributed by atoms with van der Waals surface area (Å²) in [6, 6.07) is 4.93. The van der Waals surface area contributed by atoms with Crippen molar-refractivity contribution in [1.29, 1.82) is 0 Å². The van der Waals surface area contributed by atoms with Gasteiger partial charge in [-0.1, -0.05) is 0 Å². The largest absolute Gasteiger partial charge is 0.325 e. The van der Waals surface area contributed by atoms with E-state index in [2.05, 4.69) is 9.97 Å². The summed E-state index contributed by atoms with van der Waals surface area (Å²) < 4.78 is 26.2. The SMILES string of the molecule is Cc1cc(CN)nc(-c2cc(F)cc(F)c2)n1. The Morgan fingerprint density at radius 2 is 1.71 bits per heavy atom. The van der Waals surface area contributed by atoms with Crippen LogP contribution in [0, 0.1) is 18.6 Å². The smallest absolute Gasteiger partial charge is 0.159 e. The number of hydrogen-bond acceptors (Lipinski definition) is 3. The Bertz CT molecular complexity index is 535. The van der Waals surface area contributed by atoms with E-state index in [0.29, 0.717) is 17.0 Å². The first kappa shape index (κ1) is 11.6. The van der Waals surface area contributed by atoms with E-state index >= 15 is 0 Å². The standard InChI is InChI=1S/C12H11F2N3/c1-7-2-11(6-15)17-12(16-7)8-3-9(13)5-10(14)4-8/h2-5H,6,15H2,1H3. The van der Waals surface area contributed by atoms with Crippen LogP contribution in [0.5, 0.6) is 0 Å². The molecular weight excluding hydrogens is 224 g/mol. The Morgan fingerprint density at radius 1 is 1.06 bits per heavy atom. The van der Waals surface area contributed by atoms with E-state index in [4.69, 9.17) is 5.73 Å². The van der Waals surface area contributed by atoms with Gasteiger partial charge < -0.3 is 5.73 Å². The molecule has 5 heteroatoms. The van der Waals surface area contributed by atoms with Gasteiger partial charge in [-0.3, -0.25) is 0 Å². The summed E-state index contributed by atoms with van der Waals surface area (Å²) in [5.74, 6) is -1.03. The van der Waals surface area contributed by atoms with Gasteiger partial charge in [-0.05, 0) is 25.1 Å². The lowest BCUT2D eigenvalue weighted by molar-refractivity contribution is 0.584. The van der Waals surface area contributed by atoms with Crippen molar-refractivity contribution in [3.63, 3.8) is 0 Å². The fourth-order valence-corrected chi connectivity index (χ4v) is 1.55. The summed E-state index contributed by atoms with van der Waals surface area (Å²) >= 11 is 0. The van der Waals surface area contributed by atoms with Crippen molar-refractivity contribution in [3.8, 4) is 11.4 Å². The van der Waals surface area contributed by atoms with Crippen molar-refractivity contribution in [2.45, 2.75) is 13.5 Å². The van der Waals surface area contributed by atoms with Gasteiger partial charge in [0.15, 0.2) is 5.82 Å². The minimum absolute atomic E-state index is 0.258. The van der Waals surface area contributed by atoms with Gasteiger partial charge >= 0.3 is 0 Å². The monoisotopic (exact) mass is 235 g/mol. The molecule has 17 heavy (non-hydrogen) atoms. The molecule has 0 aliphatic rings. The molecule has 0 amide bonds. The average molecular weight is 235 g/mol.